The van der Waals surface area contributed by atoms with Crippen molar-refractivity contribution in [3.63, 3.8) is 0 Å². The Morgan fingerprint density at radius 2 is 1.46 bits per heavy atom. The van der Waals surface area contributed by atoms with Crippen LogP contribution in [0.2, 0.25) is 0 Å². The van der Waals surface area contributed by atoms with Crippen molar-refractivity contribution in [3.05, 3.63) is 119 Å². The molecule has 2 heterocycles. The van der Waals surface area contributed by atoms with E-state index in [-0.39, 0.29) is 12.5 Å². The third kappa shape index (κ3) is 5.26. The molecular weight excluding hydrogens is 464 g/mol. The van der Waals surface area contributed by atoms with Crippen LogP contribution in [0.3, 0.4) is 0 Å². The first kappa shape index (κ1) is 24.3. The van der Waals surface area contributed by atoms with Crippen molar-refractivity contribution < 1.29 is 14.7 Å². The molecule has 3 aromatic carbocycles. The normalized spacial score (nSPS) is 15.7. The van der Waals surface area contributed by atoms with Gasteiger partial charge in [-0.05, 0) is 23.6 Å². The van der Waals surface area contributed by atoms with Gasteiger partial charge in [0, 0.05) is 24.8 Å². The van der Waals surface area contributed by atoms with Crippen LogP contribution in [0.25, 0.3) is 0 Å². The van der Waals surface area contributed by atoms with Crippen LogP contribution in [-0.4, -0.2) is 57.3 Å². The van der Waals surface area contributed by atoms with Crippen molar-refractivity contribution in [3.8, 4) is 0 Å². The Bertz CT molecular complexity index is 1320. The molecule has 1 aliphatic rings. The summed E-state index contributed by atoms with van der Waals surface area (Å²) in [6, 6.07) is 30.2. The Morgan fingerprint density at radius 3 is 2.03 bits per heavy atom. The Morgan fingerprint density at radius 1 is 0.892 bits per heavy atom. The van der Waals surface area contributed by atoms with Gasteiger partial charge in [0.2, 0.25) is 5.91 Å². The van der Waals surface area contributed by atoms with Crippen LogP contribution in [0.5, 0.6) is 0 Å². The lowest BCUT2D eigenvalue weighted by atomic mass is 9.89. The quantitative estimate of drug-likeness (QED) is 0.417. The van der Waals surface area contributed by atoms with Gasteiger partial charge in [0.25, 0.3) is 0 Å². The summed E-state index contributed by atoms with van der Waals surface area (Å²) in [6.45, 7) is 3.63. The zero-order valence-electron chi connectivity index (χ0n) is 20.8. The molecule has 5 rings (SSSR count). The Labute approximate surface area is 216 Å². The number of anilines is 1. The van der Waals surface area contributed by atoms with Crippen LogP contribution in [0, 0.1) is 6.92 Å². The van der Waals surface area contributed by atoms with Crippen molar-refractivity contribution in [1.82, 2.24) is 14.7 Å². The molecule has 4 aromatic rings. The largest absolute Gasteiger partial charge is 0.480 e. The van der Waals surface area contributed by atoms with E-state index < -0.39 is 17.9 Å². The number of carbonyl (C=O) groups is 2. The third-order valence-electron chi connectivity index (χ3n) is 6.93. The van der Waals surface area contributed by atoms with Gasteiger partial charge in [-0.25, -0.2) is 4.79 Å². The highest BCUT2D eigenvalue weighted by atomic mass is 16.4. The summed E-state index contributed by atoms with van der Waals surface area (Å²) in [5.41, 5.74) is 3.84. The van der Waals surface area contributed by atoms with Gasteiger partial charge < -0.3 is 14.9 Å². The van der Waals surface area contributed by atoms with E-state index in [0.717, 1.165) is 28.2 Å². The van der Waals surface area contributed by atoms with E-state index in [1.807, 2.05) is 101 Å². The number of hydrogen-bond donors (Lipinski definition) is 1. The standard InChI is InChI=1S/C30H30N4O3/c1-22-19-27(31-34(22)20-23-11-5-2-6-12-23)32-17-18-33(26(21-32)30(36)37)29(35)28(24-13-7-3-8-14-24)25-15-9-4-10-16-25/h2-16,19,26,28H,17-18,20-21H2,1H3,(H,36,37). The molecule has 0 radical (unpaired) electrons. The molecule has 0 saturated carbocycles. The van der Waals surface area contributed by atoms with Crippen molar-refractivity contribution in [2.45, 2.75) is 25.4 Å². The van der Waals surface area contributed by atoms with E-state index in [0.29, 0.717) is 19.6 Å². The SMILES string of the molecule is Cc1cc(N2CCN(C(=O)C(c3ccccc3)c3ccccc3)C(C(=O)O)C2)nn1Cc1ccccc1. The van der Waals surface area contributed by atoms with Crippen LogP contribution in [0.15, 0.2) is 97.1 Å². The molecule has 0 bridgehead atoms. The maximum Gasteiger partial charge on any atom is 0.328 e. The summed E-state index contributed by atoms with van der Waals surface area (Å²) in [4.78, 5) is 29.8. The van der Waals surface area contributed by atoms with E-state index in [1.165, 1.54) is 4.90 Å². The summed E-state index contributed by atoms with van der Waals surface area (Å²) >= 11 is 0. The summed E-state index contributed by atoms with van der Waals surface area (Å²) in [5.74, 6) is -1.05. The Hall–Kier alpha value is -4.39. The second kappa shape index (κ2) is 10.7. The molecular formula is C30H30N4O3. The number of benzene rings is 3. The maximum absolute atomic E-state index is 13.9. The molecule has 1 N–H and O–H groups in total. The summed E-state index contributed by atoms with van der Waals surface area (Å²) in [7, 11) is 0. The summed E-state index contributed by atoms with van der Waals surface area (Å²) in [6.07, 6.45) is 0. The molecule has 7 nitrogen and oxygen atoms in total. The number of nitrogens with zero attached hydrogens (tertiary/aromatic N) is 4. The number of aromatic nitrogens is 2. The van der Waals surface area contributed by atoms with Crippen LogP contribution >= 0.6 is 0 Å². The molecule has 1 aromatic heterocycles. The molecule has 7 heteroatoms. The highest BCUT2D eigenvalue weighted by molar-refractivity contribution is 5.91. The smallest absolute Gasteiger partial charge is 0.328 e. The van der Waals surface area contributed by atoms with Gasteiger partial charge >= 0.3 is 5.97 Å². The molecule has 0 aliphatic carbocycles. The first-order valence-corrected chi connectivity index (χ1v) is 12.5. The van der Waals surface area contributed by atoms with Crippen molar-refractivity contribution in [2.24, 2.45) is 0 Å². The lowest BCUT2D eigenvalue weighted by Gasteiger charge is -2.41. The molecule has 1 atom stereocenters. The number of piperazine rings is 1. The zero-order chi connectivity index (χ0) is 25.8. The number of amides is 1. The van der Waals surface area contributed by atoms with Crippen LogP contribution in [0.4, 0.5) is 5.82 Å². The predicted octanol–water partition coefficient (Wildman–Crippen LogP) is 4.17. The average molecular weight is 495 g/mol. The van der Waals surface area contributed by atoms with Gasteiger partial charge in [0.15, 0.2) is 5.82 Å². The van der Waals surface area contributed by atoms with E-state index >= 15 is 0 Å². The van der Waals surface area contributed by atoms with Gasteiger partial charge in [-0.3, -0.25) is 9.48 Å². The molecule has 37 heavy (non-hydrogen) atoms. The van der Waals surface area contributed by atoms with Gasteiger partial charge in [0.05, 0.1) is 19.0 Å². The van der Waals surface area contributed by atoms with Crippen LogP contribution in [0.1, 0.15) is 28.3 Å². The zero-order valence-corrected chi connectivity index (χ0v) is 20.8. The highest BCUT2D eigenvalue weighted by Gasteiger charge is 2.39. The number of aliphatic carboxylic acids is 1. The Kier molecular flexibility index (Phi) is 7.03. The average Bonchev–Trinajstić information content (AvgIpc) is 3.30. The van der Waals surface area contributed by atoms with Gasteiger partial charge in [-0.2, -0.15) is 5.10 Å². The lowest BCUT2D eigenvalue weighted by molar-refractivity contribution is -0.151. The van der Waals surface area contributed by atoms with Gasteiger partial charge in [-0.1, -0.05) is 91.0 Å². The second-order valence-electron chi connectivity index (χ2n) is 9.37. The van der Waals surface area contributed by atoms with Crippen molar-refractivity contribution in [2.75, 3.05) is 24.5 Å². The van der Waals surface area contributed by atoms with E-state index in [9.17, 15) is 14.7 Å². The summed E-state index contributed by atoms with van der Waals surface area (Å²) in [5, 5.41) is 14.9. The molecule has 1 aliphatic heterocycles. The third-order valence-corrected chi connectivity index (χ3v) is 6.93. The first-order valence-electron chi connectivity index (χ1n) is 12.5. The molecule has 1 unspecified atom stereocenters. The number of carbonyl (C=O) groups excluding carboxylic acids is 1. The monoisotopic (exact) mass is 494 g/mol. The summed E-state index contributed by atoms with van der Waals surface area (Å²) < 4.78 is 1.93. The molecule has 0 spiro atoms. The van der Waals surface area contributed by atoms with E-state index in [4.69, 9.17) is 5.10 Å². The van der Waals surface area contributed by atoms with Crippen molar-refractivity contribution in [1.29, 1.82) is 0 Å². The minimum Gasteiger partial charge on any atom is -0.480 e. The minimum absolute atomic E-state index is 0.180. The topological polar surface area (TPSA) is 78.7 Å². The number of carboxylic acid groups (broad SMARTS) is 1. The van der Waals surface area contributed by atoms with Gasteiger partial charge in [0.1, 0.15) is 6.04 Å². The van der Waals surface area contributed by atoms with Crippen LogP contribution < -0.4 is 4.90 Å². The fraction of sp³-hybridized carbons (Fsp3) is 0.233. The number of hydrogen-bond acceptors (Lipinski definition) is 4. The van der Waals surface area contributed by atoms with Crippen LogP contribution in [-0.2, 0) is 16.1 Å². The molecule has 1 saturated heterocycles. The van der Waals surface area contributed by atoms with Gasteiger partial charge in [-0.15, -0.1) is 0 Å². The maximum atomic E-state index is 13.9. The minimum atomic E-state index is -1.02. The number of aryl methyl sites for hydroxylation is 1. The predicted molar refractivity (Wildman–Crippen MR) is 143 cm³/mol. The van der Waals surface area contributed by atoms with E-state index in [1.54, 1.807) is 0 Å². The molecule has 1 amide bonds. The lowest BCUT2D eigenvalue weighted by Crippen LogP contribution is -2.59. The molecule has 1 fully saturated rings. The Balaban J connectivity index is 1.38. The van der Waals surface area contributed by atoms with E-state index in [2.05, 4.69) is 12.1 Å². The fourth-order valence-electron chi connectivity index (χ4n) is 4.96. The second-order valence-corrected chi connectivity index (χ2v) is 9.37. The fourth-order valence-corrected chi connectivity index (χ4v) is 4.96. The van der Waals surface area contributed by atoms with Crippen molar-refractivity contribution >= 4 is 17.7 Å². The molecule has 188 valence electrons. The number of rotatable bonds is 7. The number of carboxylic acids is 1. The first-order chi connectivity index (χ1) is 18.0. The highest BCUT2D eigenvalue weighted by Crippen LogP contribution is 2.29.